The molecule has 0 spiro atoms. The predicted octanol–water partition coefficient (Wildman–Crippen LogP) is 8.30. The largest absolute Gasteiger partial charge is 0.392 e. The second kappa shape index (κ2) is 13.7. The molecule has 1 saturated carbocycles. The number of nitrogens with zero attached hydrogens (tertiary/aromatic N) is 2. The summed E-state index contributed by atoms with van der Waals surface area (Å²) >= 11 is 0. The summed E-state index contributed by atoms with van der Waals surface area (Å²) in [5, 5.41) is 7.32. The molecule has 3 rings (SSSR count). The Morgan fingerprint density at radius 1 is 0.861 bits per heavy atom. The summed E-state index contributed by atoms with van der Waals surface area (Å²) in [5.41, 5.74) is 2.30. The maximum Gasteiger partial charge on any atom is 0.392 e. The van der Waals surface area contributed by atoms with E-state index in [1.807, 2.05) is 18.2 Å². The van der Waals surface area contributed by atoms with E-state index in [0.717, 1.165) is 38.0 Å². The van der Waals surface area contributed by atoms with Gasteiger partial charge in [0.05, 0.1) is 17.9 Å². The number of rotatable bonds is 8. The van der Waals surface area contributed by atoms with Gasteiger partial charge in [0.25, 0.3) is 0 Å². The minimum atomic E-state index is -4.64. The molecule has 0 amide bonds. The van der Waals surface area contributed by atoms with Crippen LogP contribution >= 0.6 is 0 Å². The topological polar surface area (TPSA) is 27.0 Å². The highest BCUT2D eigenvalue weighted by atomic mass is 19.4. The van der Waals surface area contributed by atoms with Gasteiger partial charge in [-0.25, -0.2) is 0 Å². The molecule has 2 unspecified atom stereocenters. The molecule has 8 heteroatoms. The molecule has 1 aliphatic carbocycles. The lowest BCUT2D eigenvalue weighted by Gasteiger charge is -2.40. The molecular weight excluding hydrogens is 478 g/mol. The highest BCUT2D eigenvalue weighted by Crippen LogP contribution is 2.53. The standard InChI is InChI=1S/C26H31F6N.C2H3N/c1-2-33(18-20-8-4-3-5-9-20)17-7-10-19-13-15-21(16-14-19)24-22(25(27,28)29)11-6-12-23(24)26(30,31)32;1-2-3/h3-5,8-9,13-16,22-24H,2,6-7,10-12,17-18H2,1H3;1H3. The highest BCUT2D eigenvalue weighted by Gasteiger charge is 2.56. The zero-order valence-corrected chi connectivity index (χ0v) is 20.7. The van der Waals surface area contributed by atoms with Gasteiger partial charge in [0.1, 0.15) is 0 Å². The molecule has 0 aromatic heterocycles. The predicted molar refractivity (Wildman–Crippen MR) is 129 cm³/mol. The van der Waals surface area contributed by atoms with Crippen molar-refractivity contribution >= 4 is 0 Å². The van der Waals surface area contributed by atoms with E-state index in [1.165, 1.54) is 24.6 Å². The van der Waals surface area contributed by atoms with Crippen molar-refractivity contribution in [1.82, 2.24) is 4.90 Å². The second-order valence-electron chi connectivity index (χ2n) is 9.18. The summed E-state index contributed by atoms with van der Waals surface area (Å²) in [5.74, 6) is -5.49. The monoisotopic (exact) mass is 512 g/mol. The lowest BCUT2D eigenvalue weighted by atomic mass is 9.68. The SMILES string of the molecule is CC#N.CCN(CCCc1ccc(C2C(C(F)(F)F)CCCC2C(F)(F)F)cc1)Cc1ccccc1. The first-order valence-corrected chi connectivity index (χ1v) is 12.3. The molecule has 2 aromatic carbocycles. The van der Waals surface area contributed by atoms with Gasteiger partial charge in [0.2, 0.25) is 0 Å². The zero-order valence-electron chi connectivity index (χ0n) is 20.7. The normalized spacial score (nSPS) is 20.4. The molecule has 2 nitrogen and oxygen atoms in total. The minimum absolute atomic E-state index is 0.0557. The minimum Gasteiger partial charge on any atom is -0.299 e. The van der Waals surface area contributed by atoms with E-state index < -0.39 is 30.1 Å². The van der Waals surface area contributed by atoms with Crippen molar-refractivity contribution in [3.05, 3.63) is 71.3 Å². The van der Waals surface area contributed by atoms with Crippen molar-refractivity contribution in [1.29, 1.82) is 5.26 Å². The third kappa shape index (κ3) is 8.85. The Hall–Kier alpha value is -2.53. The van der Waals surface area contributed by atoms with Crippen LogP contribution in [0.1, 0.15) is 62.1 Å². The number of benzene rings is 2. The van der Waals surface area contributed by atoms with Crippen LogP contribution in [0.4, 0.5) is 26.3 Å². The maximum absolute atomic E-state index is 13.6. The van der Waals surface area contributed by atoms with Crippen LogP contribution in [-0.2, 0) is 13.0 Å². The number of halogens is 6. The van der Waals surface area contributed by atoms with E-state index in [4.69, 9.17) is 5.26 Å². The zero-order chi connectivity index (χ0) is 26.8. The van der Waals surface area contributed by atoms with Crippen molar-refractivity contribution in [2.24, 2.45) is 11.8 Å². The fourth-order valence-electron chi connectivity index (χ4n) is 5.00. The Balaban J connectivity index is 0.00000145. The van der Waals surface area contributed by atoms with E-state index in [1.54, 1.807) is 18.2 Å². The van der Waals surface area contributed by atoms with E-state index in [9.17, 15) is 26.3 Å². The van der Waals surface area contributed by atoms with Crippen molar-refractivity contribution in [3.63, 3.8) is 0 Å². The third-order valence-electron chi connectivity index (χ3n) is 6.74. The van der Waals surface area contributed by atoms with Gasteiger partial charge in [-0.3, -0.25) is 4.90 Å². The lowest BCUT2D eigenvalue weighted by molar-refractivity contribution is -0.231. The Kier molecular flexibility index (Phi) is 11.3. The summed E-state index contributed by atoms with van der Waals surface area (Å²) < 4.78 is 81.5. The van der Waals surface area contributed by atoms with Crippen LogP contribution in [0.2, 0.25) is 0 Å². The lowest BCUT2D eigenvalue weighted by Crippen LogP contribution is -2.42. The van der Waals surface area contributed by atoms with Crippen LogP contribution in [-0.4, -0.2) is 30.3 Å². The summed E-state index contributed by atoms with van der Waals surface area (Å²) in [6.07, 6.45) is -8.26. The number of nitriles is 1. The molecule has 0 bridgehead atoms. The van der Waals surface area contributed by atoms with Crippen molar-refractivity contribution in [2.45, 2.75) is 70.8 Å². The quantitative estimate of drug-likeness (QED) is 0.333. The van der Waals surface area contributed by atoms with Gasteiger partial charge >= 0.3 is 12.4 Å². The summed E-state index contributed by atoms with van der Waals surface area (Å²) in [6.45, 7) is 6.13. The van der Waals surface area contributed by atoms with Gasteiger partial charge in [-0.1, -0.05) is 67.9 Å². The summed E-state index contributed by atoms with van der Waals surface area (Å²) in [6, 6.07) is 18.2. The maximum atomic E-state index is 13.6. The molecule has 2 aromatic rings. The Labute approximate surface area is 209 Å². The Bertz CT molecular complexity index is 910. The molecule has 0 radical (unpaired) electrons. The van der Waals surface area contributed by atoms with Gasteiger partial charge in [0.15, 0.2) is 0 Å². The van der Waals surface area contributed by atoms with Gasteiger partial charge in [-0.2, -0.15) is 31.6 Å². The molecule has 1 fully saturated rings. The fraction of sp³-hybridized carbons (Fsp3) is 0.536. The first-order valence-electron chi connectivity index (χ1n) is 12.3. The number of alkyl halides is 6. The van der Waals surface area contributed by atoms with Crippen LogP contribution in [0.25, 0.3) is 0 Å². The fourth-order valence-corrected chi connectivity index (χ4v) is 5.00. The van der Waals surface area contributed by atoms with Gasteiger partial charge in [0, 0.05) is 19.4 Å². The first kappa shape index (κ1) is 29.7. The number of aryl methyl sites for hydroxylation is 1. The Morgan fingerprint density at radius 2 is 1.39 bits per heavy atom. The van der Waals surface area contributed by atoms with E-state index in [0.29, 0.717) is 0 Å². The van der Waals surface area contributed by atoms with E-state index in [2.05, 4.69) is 24.0 Å². The molecule has 0 heterocycles. The van der Waals surface area contributed by atoms with Crippen molar-refractivity contribution in [3.8, 4) is 6.07 Å². The Morgan fingerprint density at radius 3 is 1.86 bits per heavy atom. The van der Waals surface area contributed by atoms with Gasteiger partial charge in [-0.15, -0.1) is 0 Å². The average Bonchev–Trinajstić information content (AvgIpc) is 2.83. The molecule has 2 atom stereocenters. The molecule has 0 aliphatic heterocycles. The van der Waals surface area contributed by atoms with Crippen LogP contribution in [0.15, 0.2) is 54.6 Å². The molecule has 1 aliphatic rings. The van der Waals surface area contributed by atoms with Crippen LogP contribution in [0.5, 0.6) is 0 Å². The summed E-state index contributed by atoms with van der Waals surface area (Å²) in [7, 11) is 0. The smallest absolute Gasteiger partial charge is 0.299 e. The van der Waals surface area contributed by atoms with Crippen molar-refractivity contribution < 1.29 is 26.3 Å². The molecule has 0 N–H and O–H groups in total. The molecular formula is C28H34F6N2. The third-order valence-corrected chi connectivity index (χ3v) is 6.74. The van der Waals surface area contributed by atoms with E-state index in [-0.39, 0.29) is 24.8 Å². The first-order chi connectivity index (χ1) is 17.0. The number of hydrogen-bond donors (Lipinski definition) is 0. The van der Waals surface area contributed by atoms with Crippen molar-refractivity contribution in [2.75, 3.05) is 13.1 Å². The van der Waals surface area contributed by atoms with Gasteiger partial charge in [-0.05, 0) is 55.5 Å². The molecule has 36 heavy (non-hydrogen) atoms. The molecule has 0 saturated heterocycles. The molecule has 198 valence electrons. The van der Waals surface area contributed by atoms with Crippen LogP contribution in [0.3, 0.4) is 0 Å². The van der Waals surface area contributed by atoms with Crippen LogP contribution < -0.4 is 0 Å². The highest BCUT2D eigenvalue weighted by molar-refractivity contribution is 5.28. The number of hydrogen-bond acceptors (Lipinski definition) is 2. The average molecular weight is 513 g/mol. The van der Waals surface area contributed by atoms with Crippen LogP contribution in [0, 0.1) is 23.2 Å². The summed E-state index contributed by atoms with van der Waals surface area (Å²) in [4.78, 5) is 2.31. The van der Waals surface area contributed by atoms with E-state index >= 15 is 0 Å². The second-order valence-corrected chi connectivity index (χ2v) is 9.18. The van der Waals surface area contributed by atoms with Gasteiger partial charge < -0.3 is 0 Å².